The Morgan fingerprint density at radius 3 is 2.29 bits per heavy atom. The number of amides is 2. The number of ether oxygens (including phenoxy) is 2. The predicted octanol–water partition coefficient (Wildman–Crippen LogP) is 3.02. The van der Waals surface area contributed by atoms with Crippen molar-refractivity contribution in [3.63, 3.8) is 0 Å². The molecule has 8 nitrogen and oxygen atoms in total. The van der Waals surface area contributed by atoms with E-state index in [1.54, 1.807) is 58.9 Å². The second kappa shape index (κ2) is 11.4. The van der Waals surface area contributed by atoms with Crippen molar-refractivity contribution in [3.8, 4) is 11.8 Å². The summed E-state index contributed by atoms with van der Waals surface area (Å²) in [5, 5.41) is 14.6. The van der Waals surface area contributed by atoms with Crippen LogP contribution in [0.5, 0.6) is 0 Å². The molecule has 2 amide bonds. The third-order valence-electron chi connectivity index (χ3n) is 5.62. The highest BCUT2D eigenvalue weighted by molar-refractivity contribution is 5.97. The van der Waals surface area contributed by atoms with Gasteiger partial charge in [-0.2, -0.15) is 0 Å². The second-order valence-corrected chi connectivity index (χ2v) is 10.2. The zero-order valence-corrected chi connectivity index (χ0v) is 20.9. The van der Waals surface area contributed by atoms with Gasteiger partial charge in [-0.25, -0.2) is 9.59 Å². The molecule has 1 fully saturated rings. The molecule has 3 atom stereocenters. The van der Waals surface area contributed by atoms with Crippen molar-refractivity contribution in [1.29, 1.82) is 0 Å². The first-order valence-corrected chi connectivity index (χ1v) is 11.5. The van der Waals surface area contributed by atoms with Gasteiger partial charge in [0.25, 0.3) is 5.91 Å². The number of methoxy groups -OCH3 is 1. The van der Waals surface area contributed by atoms with Crippen LogP contribution in [0.4, 0.5) is 4.79 Å². The lowest BCUT2D eigenvalue weighted by Crippen LogP contribution is -2.62. The number of aliphatic hydroxyl groups is 1. The Morgan fingerprint density at radius 1 is 1.12 bits per heavy atom. The number of hydrogen-bond donors (Lipinski definition) is 3. The molecule has 0 aromatic heterocycles. The number of rotatable bonds is 6. The summed E-state index contributed by atoms with van der Waals surface area (Å²) >= 11 is 0. The summed E-state index contributed by atoms with van der Waals surface area (Å²) in [5.41, 5.74) is -0.786. The van der Waals surface area contributed by atoms with E-state index in [-0.39, 0.29) is 12.5 Å². The Balaban J connectivity index is 2.08. The lowest BCUT2D eigenvalue weighted by Gasteiger charge is -2.34. The molecule has 2 rings (SSSR count). The van der Waals surface area contributed by atoms with Crippen molar-refractivity contribution in [3.05, 3.63) is 35.4 Å². The predicted molar refractivity (Wildman–Crippen MR) is 128 cm³/mol. The van der Waals surface area contributed by atoms with Crippen LogP contribution in [-0.2, 0) is 14.3 Å². The highest BCUT2D eigenvalue weighted by atomic mass is 16.6. The number of esters is 1. The normalized spacial score (nSPS) is 18.8. The molecule has 186 valence electrons. The molecule has 1 saturated carbocycles. The van der Waals surface area contributed by atoms with Crippen LogP contribution in [0.1, 0.15) is 69.8 Å². The van der Waals surface area contributed by atoms with Crippen LogP contribution in [-0.4, -0.2) is 54.0 Å². The SMILES string of the molecule is COC(=O)[C@@H](NC(=O)c1ccc(C#CC2CCC(CO)C2)cc1)C(C)(C)NC(=O)OC(C)(C)C. The molecule has 0 heterocycles. The molecular weight excluding hydrogens is 436 g/mol. The van der Waals surface area contributed by atoms with Gasteiger partial charge < -0.3 is 25.2 Å². The number of hydrogen-bond acceptors (Lipinski definition) is 6. The quantitative estimate of drug-likeness (QED) is 0.433. The minimum Gasteiger partial charge on any atom is -0.467 e. The summed E-state index contributed by atoms with van der Waals surface area (Å²) in [6.07, 6.45) is 2.18. The van der Waals surface area contributed by atoms with E-state index < -0.39 is 35.2 Å². The third kappa shape index (κ3) is 8.07. The maximum atomic E-state index is 12.9. The molecule has 0 radical (unpaired) electrons. The molecule has 1 aromatic rings. The Bertz CT molecular complexity index is 937. The molecule has 34 heavy (non-hydrogen) atoms. The largest absolute Gasteiger partial charge is 0.467 e. The van der Waals surface area contributed by atoms with Crippen LogP contribution in [0.3, 0.4) is 0 Å². The van der Waals surface area contributed by atoms with Gasteiger partial charge in [0.1, 0.15) is 11.6 Å². The summed E-state index contributed by atoms with van der Waals surface area (Å²) in [7, 11) is 1.21. The van der Waals surface area contributed by atoms with Gasteiger partial charge in [0.05, 0.1) is 12.6 Å². The van der Waals surface area contributed by atoms with E-state index in [4.69, 9.17) is 9.47 Å². The highest BCUT2D eigenvalue weighted by Crippen LogP contribution is 2.29. The third-order valence-corrected chi connectivity index (χ3v) is 5.62. The van der Waals surface area contributed by atoms with Crippen molar-refractivity contribution in [2.75, 3.05) is 13.7 Å². The molecule has 0 bridgehead atoms. The summed E-state index contributed by atoms with van der Waals surface area (Å²) in [6.45, 7) is 8.59. The molecule has 3 N–H and O–H groups in total. The summed E-state index contributed by atoms with van der Waals surface area (Å²) in [6, 6.07) is 5.61. The average molecular weight is 473 g/mol. The topological polar surface area (TPSA) is 114 Å². The van der Waals surface area contributed by atoms with Gasteiger partial charge >= 0.3 is 12.1 Å². The Morgan fingerprint density at radius 2 is 1.76 bits per heavy atom. The standard InChI is InChI=1S/C26H36N2O6/c1-25(2,3)34-24(32)28-26(4,5)21(23(31)33-6)27-22(30)20-13-11-17(12-14-20)7-8-18-9-10-19(15-18)16-29/h11-14,18-19,21,29H,9-10,15-16H2,1-6H3,(H,27,30)(H,28,32)/t18?,19?,21-/m1/s1. The minimum absolute atomic E-state index is 0.207. The first-order valence-electron chi connectivity index (χ1n) is 11.5. The molecule has 0 spiro atoms. The van der Waals surface area contributed by atoms with Crippen molar-refractivity contribution < 1.29 is 29.0 Å². The number of carbonyl (C=O) groups excluding carboxylic acids is 3. The van der Waals surface area contributed by atoms with E-state index in [0.717, 1.165) is 24.8 Å². The fourth-order valence-electron chi connectivity index (χ4n) is 3.77. The van der Waals surface area contributed by atoms with E-state index in [2.05, 4.69) is 22.5 Å². The van der Waals surface area contributed by atoms with Crippen LogP contribution in [0.2, 0.25) is 0 Å². The Labute approximate surface area is 201 Å². The van der Waals surface area contributed by atoms with E-state index in [9.17, 15) is 19.5 Å². The monoisotopic (exact) mass is 472 g/mol. The maximum Gasteiger partial charge on any atom is 0.408 e. The van der Waals surface area contributed by atoms with E-state index in [1.165, 1.54) is 7.11 Å². The molecule has 0 saturated heterocycles. The van der Waals surface area contributed by atoms with Crippen molar-refractivity contribution in [1.82, 2.24) is 10.6 Å². The maximum absolute atomic E-state index is 12.9. The van der Waals surface area contributed by atoms with Crippen molar-refractivity contribution >= 4 is 18.0 Å². The second-order valence-electron chi connectivity index (χ2n) is 10.2. The van der Waals surface area contributed by atoms with Crippen molar-refractivity contribution in [2.24, 2.45) is 11.8 Å². The van der Waals surface area contributed by atoms with Crippen LogP contribution < -0.4 is 10.6 Å². The first kappa shape index (κ1) is 27.2. The smallest absolute Gasteiger partial charge is 0.408 e. The molecule has 1 aromatic carbocycles. The van der Waals surface area contributed by atoms with Gasteiger partial charge in [0.15, 0.2) is 0 Å². The van der Waals surface area contributed by atoms with Crippen LogP contribution >= 0.6 is 0 Å². The number of alkyl carbamates (subject to hydrolysis) is 1. The molecule has 1 aliphatic carbocycles. The van der Waals surface area contributed by atoms with E-state index in [0.29, 0.717) is 11.5 Å². The summed E-state index contributed by atoms with van der Waals surface area (Å²) < 4.78 is 10.1. The van der Waals surface area contributed by atoms with E-state index in [1.807, 2.05) is 0 Å². The van der Waals surface area contributed by atoms with Gasteiger partial charge in [-0.1, -0.05) is 11.8 Å². The zero-order chi connectivity index (χ0) is 25.5. The highest BCUT2D eigenvalue weighted by Gasteiger charge is 2.40. The minimum atomic E-state index is -1.19. The molecule has 0 aliphatic heterocycles. The number of carbonyl (C=O) groups is 3. The zero-order valence-electron chi connectivity index (χ0n) is 20.9. The fraction of sp³-hybridized carbons (Fsp3) is 0.577. The van der Waals surface area contributed by atoms with Gasteiger partial charge in [-0.15, -0.1) is 0 Å². The Hall–Kier alpha value is -3.05. The number of aliphatic hydroxyl groups excluding tert-OH is 1. The Kier molecular flexibility index (Phi) is 9.11. The average Bonchev–Trinajstić information content (AvgIpc) is 3.22. The number of nitrogens with one attached hydrogen (secondary N) is 2. The molecular formula is C26H36N2O6. The molecule has 2 unspecified atom stereocenters. The van der Waals surface area contributed by atoms with Gasteiger partial charge in [-0.3, -0.25) is 4.79 Å². The first-order chi connectivity index (χ1) is 15.8. The van der Waals surface area contributed by atoms with Crippen LogP contribution in [0, 0.1) is 23.7 Å². The molecule has 1 aliphatic rings. The van der Waals surface area contributed by atoms with E-state index >= 15 is 0 Å². The molecule has 8 heteroatoms. The fourth-order valence-corrected chi connectivity index (χ4v) is 3.77. The van der Waals surface area contributed by atoms with Crippen molar-refractivity contribution in [2.45, 2.75) is 71.1 Å². The lowest BCUT2D eigenvalue weighted by molar-refractivity contribution is -0.144. The van der Waals surface area contributed by atoms with Gasteiger partial charge in [0.2, 0.25) is 0 Å². The summed E-state index contributed by atoms with van der Waals surface area (Å²) in [5.74, 6) is 5.80. The van der Waals surface area contributed by atoms with Gasteiger partial charge in [0, 0.05) is 23.7 Å². The van der Waals surface area contributed by atoms with Gasteiger partial charge in [-0.05, 0) is 84.1 Å². The number of benzene rings is 1. The summed E-state index contributed by atoms with van der Waals surface area (Å²) in [4.78, 5) is 37.6. The van der Waals surface area contributed by atoms with Crippen LogP contribution in [0.25, 0.3) is 0 Å². The lowest BCUT2D eigenvalue weighted by atomic mass is 9.94. The van der Waals surface area contributed by atoms with Crippen LogP contribution in [0.15, 0.2) is 24.3 Å².